The summed E-state index contributed by atoms with van der Waals surface area (Å²) < 4.78 is 5.45. The highest BCUT2D eigenvalue weighted by atomic mass is 32.2. The maximum absolute atomic E-state index is 5.45. The maximum atomic E-state index is 5.45. The van der Waals surface area contributed by atoms with Crippen LogP contribution < -0.4 is 5.32 Å². The summed E-state index contributed by atoms with van der Waals surface area (Å²) in [5.74, 6) is 3.21. The predicted octanol–water partition coefficient (Wildman–Crippen LogP) is 2.14. The second kappa shape index (κ2) is 7.55. The predicted molar refractivity (Wildman–Crippen MR) is 64.0 cm³/mol. The van der Waals surface area contributed by atoms with Gasteiger partial charge in [0.2, 0.25) is 0 Å². The van der Waals surface area contributed by atoms with Crippen molar-refractivity contribution in [2.24, 2.45) is 5.92 Å². The average Bonchev–Trinajstić information content (AvgIpc) is 2.71. The Balaban J connectivity index is 2.26. The van der Waals surface area contributed by atoms with Crippen LogP contribution >= 0.6 is 11.8 Å². The first-order valence-electron chi connectivity index (χ1n) is 5.77. The van der Waals surface area contributed by atoms with E-state index in [1.54, 1.807) is 0 Å². The number of ether oxygens (including phenoxy) is 1. The van der Waals surface area contributed by atoms with Gasteiger partial charge in [0.05, 0.1) is 6.61 Å². The fourth-order valence-electron chi connectivity index (χ4n) is 1.81. The molecule has 0 amide bonds. The van der Waals surface area contributed by atoms with Gasteiger partial charge in [-0.15, -0.1) is 0 Å². The zero-order valence-electron chi connectivity index (χ0n) is 9.42. The van der Waals surface area contributed by atoms with Crippen LogP contribution in [0.4, 0.5) is 0 Å². The van der Waals surface area contributed by atoms with Crippen LogP contribution in [-0.2, 0) is 4.74 Å². The van der Waals surface area contributed by atoms with E-state index >= 15 is 0 Å². The van der Waals surface area contributed by atoms with Crippen LogP contribution in [0.2, 0.25) is 0 Å². The van der Waals surface area contributed by atoms with E-state index in [4.69, 9.17) is 4.74 Å². The fraction of sp³-hybridized carbons (Fsp3) is 1.00. The average molecular weight is 217 g/mol. The second-order valence-corrected chi connectivity index (χ2v) is 5.16. The summed E-state index contributed by atoms with van der Waals surface area (Å²) in [4.78, 5) is 0. The Kier molecular flexibility index (Phi) is 6.65. The lowest BCUT2D eigenvalue weighted by molar-refractivity contribution is 0.179. The van der Waals surface area contributed by atoms with E-state index in [1.165, 1.54) is 24.3 Å². The van der Waals surface area contributed by atoms with Gasteiger partial charge in [0, 0.05) is 24.3 Å². The molecule has 14 heavy (non-hydrogen) atoms. The summed E-state index contributed by atoms with van der Waals surface area (Å²) in [6.07, 6.45) is 2.46. The molecule has 1 rings (SSSR count). The van der Waals surface area contributed by atoms with Gasteiger partial charge >= 0.3 is 0 Å². The Hall–Kier alpha value is 0.270. The molecule has 1 heterocycles. The summed E-state index contributed by atoms with van der Waals surface area (Å²) in [5.41, 5.74) is 0. The molecule has 0 aliphatic carbocycles. The van der Waals surface area contributed by atoms with Gasteiger partial charge in [0.15, 0.2) is 0 Å². The Bertz CT molecular complexity index is 129. The standard InChI is InChI=1S/C11H23NOS/c1-3-6-12-11(9-14-4-2)10-5-7-13-8-10/h10-12H,3-9H2,1-2H3. The van der Waals surface area contributed by atoms with Crippen LogP contribution in [0.1, 0.15) is 26.7 Å². The molecule has 0 saturated carbocycles. The smallest absolute Gasteiger partial charge is 0.0510 e. The van der Waals surface area contributed by atoms with E-state index in [9.17, 15) is 0 Å². The van der Waals surface area contributed by atoms with Gasteiger partial charge in [0.1, 0.15) is 0 Å². The van der Waals surface area contributed by atoms with Crippen molar-refractivity contribution < 1.29 is 4.74 Å². The molecule has 1 aliphatic rings. The molecule has 1 N–H and O–H groups in total. The minimum atomic E-state index is 0.669. The topological polar surface area (TPSA) is 21.3 Å². The third-order valence-corrected chi connectivity index (χ3v) is 3.70. The van der Waals surface area contributed by atoms with Gasteiger partial charge < -0.3 is 10.1 Å². The highest BCUT2D eigenvalue weighted by Crippen LogP contribution is 2.19. The molecule has 2 nitrogen and oxygen atoms in total. The van der Waals surface area contributed by atoms with Crippen molar-refractivity contribution in [3.05, 3.63) is 0 Å². The van der Waals surface area contributed by atoms with Crippen LogP contribution in [0.5, 0.6) is 0 Å². The SMILES string of the molecule is CCCNC(CSCC)C1CCOC1. The van der Waals surface area contributed by atoms with Crippen LogP contribution in [0.3, 0.4) is 0 Å². The van der Waals surface area contributed by atoms with Crippen molar-refractivity contribution >= 4 is 11.8 Å². The number of hydrogen-bond donors (Lipinski definition) is 1. The summed E-state index contributed by atoms with van der Waals surface area (Å²) in [7, 11) is 0. The first kappa shape index (κ1) is 12.3. The van der Waals surface area contributed by atoms with Crippen molar-refractivity contribution in [3.8, 4) is 0 Å². The second-order valence-electron chi connectivity index (χ2n) is 3.84. The van der Waals surface area contributed by atoms with Gasteiger partial charge in [-0.05, 0) is 25.1 Å². The van der Waals surface area contributed by atoms with Gasteiger partial charge in [-0.25, -0.2) is 0 Å². The van der Waals surface area contributed by atoms with Crippen molar-refractivity contribution in [1.29, 1.82) is 0 Å². The summed E-state index contributed by atoms with van der Waals surface area (Å²) >= 11 is 2.04. The third-order valence-electron chi connectivity index (χ3n) is 2.69. The normalized spacial score (nSPS) is 24.0. The molecular weight excluding hydrogens is 194 g/mol. The van der Waals surface area contributed by atoms with Crippen molar-refractivity contribution in [2.75, 3.05) is 31.3 Å². The van der Waals surface area contributed by atoms with Gasteiger partial charge in [0.25, 0.3) is 0 Å². The quantitative estimate of drug-likeness (QED) is 0.706. The summed E-state index contributed by atoms with van der Waals surface area (Å²) in [5, 5.41) is 3.65. The van der Waals surface area contributed by atoms with Crippen LogP contribution in [0.25, 0.3) is 0 Å². The van der Waals surface area contributed by atoms with E-state index in [0.717, 1.165) is 25.7 Å². The molecule has 0 aromatic carbocycles. The van der Waals surface area contributed by atoms with Crippen LogP contribution in [0, 0.1) is 5.92 Å². The molecule has 0 aromatic heterocycles. The molecule has 84 valence electrons. The van der Waals surface area contributed by atoms with Crippen molar-refractivity contribution in [1.82, 2.24) is 5.32 Å². The zero-order valence-corrected chi connectivity index (χ0v) is 10.2. The molecule has 0 bridgehead atoms. The lowest BCUT2D eigenvalue weighted by Crippen LogP contribution is -2.39. The van der Waals surface area contributed by atoms with E-state index in [1.807, 2.05) is 11.8 Å². The van der Waals surface area contributed by atoms with Crippen LogP contribution in [-0.4, -0.2) is 37.3 Å². The number of hydrogen-bond acceptors (Lipinski definition) is 3. The molecule has 2 atom stereocenters. The molecule has 2 unspecified atom stereocenters. The Labute approximate surface area is 92.2 Å². The highest BCUT2D eigenvalue weighted by Gasteiger charge is 2.24. The van der Waals surface area contributed by atoms with Crippen LogP contribution in [0.15, 0.2) is 0 Å². The number of thioether (sulfide) groups is 1. The minimum Gasteiger partial charge on any atom is -0.381 e. The zero-order chi connectivity index (χ0) is 10.2. The van der Waals surface area contributed by atoms with Gasteiger partial charge in [-0.2, -0.15) is 11.8 Å². The molecular formula is C11H23NOS. The molecule has 1 fully saturated rings. The van der Waals surface area contributed by atoms with Crippen molar-refractivity contribution in [3.63, 3.8) is 0 Å². The minimum absolute atomic E-state index is 0.669. The lowest BCUT2D eigenvalue weighted by Gasteiger charge is -2.23. The maximum Gasteiger partial charge on any atom is 0.0510 e. The highest BCUT2D eigenvalue weighted by molar-refractivity contribution is 7.99. The van der Waals surface area contributed by atoms with E-state index < -0.39 is 0 Å². The Morgan fingerprint density at radius 1 is 1.50 bits per heavy atom. The Morgan fingerprint density at radius 3 is 2.93 bits per heavy atom. The van der Waals surface area contributed by atoms with E-state index in [0.29, 0.717) is 6.04 Å². The third kappa shape index (κ3) is 4.20. The fourth-order valence-corrected chi connectivity index (χ4v) is 2.69. The summed E-state index contributed by atoms with van der Waals surface area (Å²) in [6.45, 7) is 7.53. The first-order valence-corrected chi connectivity index (χ1v) is 6.92. The van der Waals surface area contributed by atoms with Gasteiger partial charge in [-0.3, -0.25) is 0 Å². The molecule has 0 radical (unpaired) electrons. The van der Waals surface area contributed by atoms with Crippen molar-refractivity contribution in [2.45, 2.75) is 32.7 Å². The Morgan fingerprint density at radius 2 is 2.36 bits per heavy atom. The molecule has 3 heteroatoms. The number of rotatable bonds is 7. The molecule has 0 aromatic rings. The molecule has 0 spiro atoms. The van der Waals surface area contributed by atoms with E-state index in [-0.39, 0.29) is 0 Å². The molecule has 1 aliphatic heterocycles. The first-order chi connectivity index (χ1) is 6.88. The number of nitrogens with one attached hydrogen (secondary N) is 1. The summed E-state index contributed by atoms with van der Waals surface area (Å²) in [6, 6.07) is 0.669. The van der Waals surface area contributed by atoms with E-state index in [2.05, 4.69) is 19.2 Å². The molecule has 1 saturated heterocycles. The van der Waals surface area contributed by atoms with Gasteiger partial charge in [-0.1, -0.05) is 13.8 Å². The lowest BCUT2D eigenvalue weighted by atomic mass is 10.0. The largest absolute Gasteiger partial charge is 0.381 e. The monoisotopic (exact) mass is 217 g/mol.